The third-order valence-electron chi connectivity index (χ3n) is 1.90. The molecule has 11 heavy (non-hydrogen) atoms. The fourth-order valence-corrected chi connectivity index (χ4v) is 1.28. The van der Waals surface area contributed by atoms with Crippen LogP contribution in [0.15, 0.2) is 35.5 Å². The summed E-state index contributed by atoms with van der Waals surface area (Å²) in [5, 5.41) is 0. The van der Waals surface area contributed by atoms with E-state index < -0.39 is 0 Å². The molecule has 60 valence electrons. The highest BCUT2D eigenvalue weighted by Gasteiger charge is 1.99. The highest BCUT2D eigenvalue weighted by molar-refractivity contribution is 5.31. The van der Waals surface area contributed by atoms with Crippen molar-refractivity contribution in [2.24, 2.45) is 0 Å². The monoisotopic (exact) mass is 148 g/mol. The van der Waals surface area contributed by atoms with E-state index in [1.807, 2.05) is 0 Å². The molecule has 0 aromatic rings. The van der Waals surface area contributed by atoms with Gasteiger partial charge >= 0.3 is 0 Å². The van der Waals surface area contributed by atoms with Gasteiger partial charge in [0.05, 0.1) is 0 Å². The van der Waals surface area contributed by atoms with E-state index in [2.05, 4.69) is 38.2 Å². The number of allylic oxidation sites excluding steroid dienone is 6. The zero-order chi connectivity index (χ0) is 8.10. The normalized spacial score (nSPS) is 17.3. The highest BCUT2D eigenvalue weighted by Crippen LogP contribution is 2.19. The maximum absolute atomic E-state index is 2.29. The van der Waals surface area contributed by atoms with Gasteiger partial charge in [0.2, 0.25) is 0 Å². The third-order valence-corrected chi connectivity index (χ3v) is 1.90. The second kappa shape index (κ2) is 4.17. The predicted octanol–water partition coefficient (Wildman–Crippen LogP) is 3.62. The summed E-state index contributed by atoms with van der Waals surface area (Å²) in [5.41, 5.74) is 2.97. The largest absolute Gasteiger partial charge is 0.0885 e. The molecule has 0 N–H and O–H groups in total. The molecule has 0 saturated carbocycles. The van der Waals surface area contributed by atoms with Crippen LogP contribution in [0.2, 0.25) is 0 Å². The van der Waals surface area contributed by atoms with Gasteiger partial charge in [-0.3, -0.25) is 0 Å². The zero-order valence-electron chi connectivity index (χ0n) is 7.43. The number of hydrogen-bond acceptors (Lipinski definition) is 0. The van der Waals surface area contributed by atoms with Crippen molar-refractivity contribution in [3.8, 4) is 0 Å². The van der Waals surface area contributed by atoms with Crippen molar-refractivity contribution in [1.82, 2.24) is 0 Å². The van der Waals surface area contributed by atoms with Crippen LogP contribution in [0, 0.1) is 0 Å². The van der Waals surface area contributed by atoms with Gasteiger partial charge < -0.3 is 0 Å². The fourth-order valence-electron chi connectivity index (χ4n) is 1.28. The van der Waals surface area contributed by atoms with Crippen molar-refractivity contribution in [3.05, 3.63) is 35.5 Å². The molecule has 0 atom stereocenters. The van der Waals surface area contributed by atoms with Crippen molar-refractivity contribution in [2.45, 2.75) is 33.1 Å². The van der Waals surface area contributed by atoms with Crippen LogP contribution in [0.5, 0.6) is 0 Å². The van der Waals surface area contributed by atoms with E-state index in [1.54, 1.807) is 5.57 Å². The predicted molar refractivity (Wildman–Crippen MR) is 50.5 cm³/mol. The van der Waals surface area contributed by atoms with E-state index in [9.17, 15) is 0 Å². The minimum atomic E-state index is 1.14. The number of rotatable bonds is 3. The van der Waals surface area contributed by atoms with Gasteiger partial charge in [0, 0.05) is 0 Å². The first-order chi connectivity index (χ1) is 5.33. The van der Waals surface area contributed by atoms with E-state index in [1.165, 1.54) is 12.0 Å². The minimum Gasteiger partial charge on any atom is -0.0885 e. The summed E-state index contributed by atoms with van der Waals surface area (Å²) in [7, 11) is 0. The fraction of sp³-hybridized carbons (Fsp3) is 0.455. The van der Waals surface area contributed by atoms with Gasteiger partial charge in [-0.05, 0) is 26.2 Å². The van der Waals surface area contributed by atoms with Gasteiger partial charge in [-0.2, -0.15) is 0 Å². The molecule has 0 bridgehead atoms. The maximum atomic E-state index is 2.29. The molecule has 0 radical (unpaired) electrons. The molecule has 0 spiro atoms. The van der Waals surface area contributed by atoms with Crippen LogP contribution in [0.3, 0.4) is 0 Å². The van der Waals surface area contributed by atoms with E-state index in [4.69, 9.17) is 0 Å². The van der Waals surface area contributed by atoms with Crippen molar-refractivity contribution < 1.29 is 0 Å². The lowest BCUT2D eigenvalue weighted by Crippen LogP contribution is -1.73. The van der Waals surface area contributed by atoms with Gasteiger partial charge in [0.25, 0.3) is 0 Å². The summed E-state index contributed by atoms with van der Waals surface area (Å²) in [6.45, 7) is 4.33. The second-order valence-corrected chi connectivity index (χ2v) is 3.04. The van der Waals surface area contributed by atoms with Crippen LogP contribution in [0.25, 0.3) is 0 Å². The molecule has 0 saturated heterocycles. The molecule has 0 unspecified atom stereocenters. The SMILES string of the molecule is CCC=CCC1=CC(C)=CC1. The molecule has 0 aromatic carbocycles. The Hall–Kier alpha value is -0.780. The molecule has 1 rings (SSSR count). The van der Waals surface area contributed by atoms with Crippen molar-refractivity contribution >= 4 is 0 Å². The van der Waals surface area contributed by atoms with Gasteiger partial charge in [-0.25, -0.2) is 0 Å². The molecular weight excluding hydrogens is 132 g/mol. The summed E-state index contributed by atoms with van der Waals surface area (Å²) in [4.78, 5) is 0. The smallest absolute Gasteiger partial charge is 0.0127 e. The van der Waals surface area contributed by atoms with E-state index in [0.717, 1.165) is 12.8 Å². The number of hydrogen-bond donors (Lipinski definition) is 0. The quantitative estimate of drug-likeness (QED) is 0.536. The summed E-state index contributed by atoms with van der Waals surface area (Å²) in [5.74, 6) is 0. The van der Waals surface area contributed by atoms with Crippen LogP contribution in [0.4, 0.5) is 0 Å². The first-order valence-corrected chi connectivity index (χ1v) is 4.34. The molecule has 0 fully saturated rings. The van der Waals surface area contributed by atoms with E-state index in [0.29, 0.717) is 0 Å². The maximum Gasteiger partial charge on any atom is -0.0127 e. The van der Waals surface area contributed by atoms with Crippen LogP contribution in [-0.2, 0) is 0 Å². The molecule has 0 heteroatoms. The molecule has 1 aliphatic rings. The summed E-state index contributed by atoms with van der Waals surface area (Å²) in [6.07, 6.45) is 12.5. The summed E-state index contributed by atoms with van der Waals surface area (Å²) < 4.78 is 0. The van der Waals surface area contributed by atoms with Crippen molar-refractivity contribution in [1.29, 1.82) is 0 Å². The van der Waals surface area contributed by atoms with Crippen molar-refractivity contribution in [2.75, 3.05) is 0 Å². The molecular formula is C11H16. The van der Waals surface area contributed by atoms with Crippen LogP contribution in [-0.4, -0.2) is 0 Å². The molecule has 0 heterocycles. The standard InChI is InChI=1S/C11H16/c1-3-4-5-6-11-8-7-10(2)9-11/h4-5,7,9H,3,6,8H2,1-2H3. The van der Waals surface area contributed by atoms with Crippen LogP contribution < -0.4 is 0 Å². The van der Waals surface area contributed by atoms with Gasteiger partial charge in [-0.15, -0.1) is 0 Å². The van der Waals surface area contributed by atoms with Gasteiger partial charge in [-0.1, -0.05) is 42.4 Å². The molecule has 0 aliphatic heterocycles. The average molecular weight is 148 g/mol. The molecule has 0 aromatic heterocycles. The van der Waals surface area contributed by atoms with E-state index in [-0.39, 0.29) is 0 Å². The van der Waals surface area contributed by atoms with Gasteiger partial charge in [0.1, 0.15) is 0 Å². The highest BCUT2D eigenvalue weighted by atomic mass is 14.1. The Bertz CT molecular complexity index is 204. The Morgan fingerprint density at radius 1 is 1.45 bits per heavy atom. The average Bonchev–Trinajstić information content (AvgIpc) is 2.37. The second-order valence-electron chi connectivity index (χ2n) is 3.04. The first-order valence-electron chi connectivity index (χ1n) is 4.34. The zero-order valence-corrected chi connectivity index (χ0v) is 7.43. The Balaban J connectivity index is 2.31. The van der Waals surface area contributed by atoms with Gasteiger partial charge in [0.15, 0.2) is 0 Å². The lowest BCUT2D eigenvalue weighted by molar-refractivity contribution is 1.11. The molecule has 1 aliphatic carbocycles. The first kappa shape index (κ1) is 8.32. The Labute approximate surface area is 69.3 Å². The minimum absolute atomic E-state index is 1.14. The van der Waals surface area contributed by atoms with Crippen molar-refractivity contribution in [3.63, 3.8) is 0 Å². The lowest BCUT2D eigenvalue weighted by atomic mass is 10.1. The summed E-state index contributed by atoms with van der Waals surface area (Å²) >= 11 is 0. The lowest BCUT2D eigenvalue weighted by Gasteiger charge is -1.92. The third kappa shape index (κ3) is 2.75. The Morgan fingerprint density at radius 2 is 2.27 bits per heavy atom. The molecule has 0 nitrogen and oxygen atoms in total. The molecule has 0 amide bonds. The van der Waals surface area contributed by atoms with Crippen LogP contribution in [0.1, 0.15) is 33.1 Å². The Morgan fingerprint density at radius 3 is 2.82 bits per heavy atom. The van der Waals surface area contributed by atoms with E-state index >= 15 is 0 Å². The Kier molecular flexibility index (Phi) is 3.15. The summed E-state index contributed by atoms with van der Waals surface area (Å²) in [6, 6.07) is 0. The van der Waals surface area contributed by atoms with Crippen LogP contribution >= 0.6 is 0 Å². The topological polar surface area (TPSA) is 0 Å².